The van der Waals surface area contributed by atoms with Gasteiger partial charge in [0.05, 0.1) is 9.79 Å². The Bertz CT molecular complexity index is 710. The Morgan fingerprint density at radius 2 is 1.62 bits per heavy atom. The molecule has 0 fully saturated rings. The van der Waals surface area contributed by atoms with E-state index in [4.69, 9.17) is 5.11 Å². The van der Waals surface area contributed by atoms with Gasteiger partial charge in [-0.05, 0) is 31.3 Å². The quantitative estimate of drug-likeness (QED) is 0.704. The molecular weight excluding hydrogens is 320 g/mol. The predicted octanol–water partition coefficient (Wildman–Crippen LogP) is -0.310. The van der Waals surface area contributed by atoms with Gasteiger partial charge in [0.15, 0.2) is 0 Å². The van der Waals surface area contributed by atoms with Crippen LogP contribution in [0.25, 0.3) is 0 Å². The third-order valence-electron chi connectivity index (χ3n) is 2.70. The molecule has 1 rings (SSSR count). The molecule has 0 spiro atoms. The van der Waals surface area contributed by atoms with Crippen molar-refractivity contribution in [3.8, 4) is 0 Å². The molecule has 0 heterocycles. The van der Waals surface area contributed by atoms with Gasteiger partial charge in [-0.1, -0.05) is 6.92 Å². The zero-order chi connectivity index (χ0) is 16.3. The number of hydrogen-bond acceptors (Lipinski definition) is 5. The minimum atomic E-state index is -3.98. The van der Waals surface area contributed by atoms with Crippen LogP contribution in [-0.4, -0.2) is 52.4 Å². The lowest BCUT2D eigenvalue weighted by molar-refractivity contribution is -0.137. The predicted molar refractivity (Wildman–Crippen MR) is 74.8 cm³/mol. The Labute approximate surface area is 123 Å². The van der Waals surface area contributed by atoms with Crippen LogP contribution >= 0.6 is 0 Å². The molecule has 21 heavy (non-hydrogen) atoms. The van der Waals surface area contributed by atoms with Crippen molar-refractivity contribution in [1.29, 1.82) is 0 Å². The van der Waals surface area contributed by atoms with Crippen LogP contribution in [-0.2, 0) is 24.8 Å². The third kappa shape index (κ3) is 4.00. The lowest BCUT2D eigenvalue weighted by Crippen LogP contribution is -2.35. The first-order valence-corrected chi connectivity index (χ1v) is 8.83. The van der Waals surface area contributed by atoms with E-state index in [9.17, 15) is 21.6 Å². The second-order valence-corrected chi connectivity index (χ2v) is 7.83. The molecule has 2 N–H and O–H groups in total. The van der Waals surface area contributed by atoms with Crippen molar-refractivity contribution in [3.63, 3.8) is 0 Å². The Morgan fingerprint density at radius 1 is 1.14 bits per heavy atom. The topological polar surface area (TPSA) is 121 Å². The zero-order valence-corrected chi connectivity index (χ0v) is 13.1. The highest BCUT2D eigenvalue weighted by molar-refractivity contribution is 7.89. The van der Waals surface area contributed by atoms with Crippen LogP contribution in [0.4, 0.5) is 0 Å². The number of likely N-dealkylation sites (N-methyl/N-ethyl adjacent to an activating group) is 1. The molecule has 0 aliphatic carbocycles. The molecule has 0 amide bonds. The fourth-order valence-electron chi connectivity index (χ4n) is 1.58. The van der Waals surface area contributed by atoms with Gasteiger partial charge in [0.1, 0.15) is 6.54 Å². The van der Waals surface area contributed by atoms with Gasteiger partial charge in [-0.15, -0.1) is 0 Å². The molecule has 0 aliphatic heterocycles. The van der Waals surface area contributed by atoms with Crippen LogP contribution < -0.4 is 4.72 Å². The number of benzene rings is 1. The number of nitrogens with one attached hydrogen (secondary N) is 1. The van der Waals surface area contributed by atoms with Crippen molar-refractivity contribution in [2.75, 3.05) is 20.1 Å². The molecule has 0 radical (unpaired) electrons. The minimum Gasteiger partial charge on any atom is -0.480 e. The number of sulfonamides is 2. The molecular formula is C11H16N2O6S2. The largest absolute Gasteiger partial charge is 0.480 e. The van der Waals surface area contributed by atoms with Gasteiger partial charge in [-0.25, -0.2) is 21.6 Å². The molecule has 118 valence electrons. The summed E-state index contributed by atoms with van der Waals surface area (Å²) in [5.74, 6) is -1.27. The number of hydrogen-bond donors (Lipinski definition) is 2. The highest BCUT2D eigenvalue weighted by Crippen LogP contribution is 2.18. The SMILES string of the molecule is CCN(CC(=O)O)S(=O)(=O)c1ccc(S(=O)(=O)NC)cc1. The molecule has 0 atom stereocenters. The summed E-state index contributed by atoms with van der Waals surface area (Å²) in [7, 11) is -6.39. The summed E-state index contributed by atoms with van der Waals surface area (Å²) >= 11 is 0. The minimum absolute atomic E-state index is 0.00873. The molecule has 0 saturated carbocycles. The Balaban J connectivity index is 3.19. The lowest BCUT2D eigenvalue weighted by Gasteiger charge is -2.18. The average molecular weight is 336 g/mol. The van der Waals surface area contributed by atoms with E-state index in [-0.39, 0.29) is 16.3 Å². The van der Waals surface area contributed by atoms with Gasteiger partial charge < -0.3 is 5.11 Å². The van der Waals surface area contributed by atoms with Gasteiger partial charge in [-0.2, -0.15) is 4.31 Å². The van der Waals surface area contributed by atoms with Crippen LogP contribution in [0, 0.1) is 0 Å². The summed E-state index contributed by atoms with van der Waals surface area (Å²) in [4.78, 5) is 10.4. The molecule has 8 nitrogen and oxygen atoms in total. The van der Waals surface area contributed by atoms with E-state index < -0.39 is 32.6 Å². The van der Waals surface area contributed by atoms with Gasteiger partial charge in [0.25, 0.3) is 0 Å². The zero-order valence-electron chi connectivity index (χ0n) is 11.5. The number of aliphatic carboxylic acids is 1. The first-order chi connectivity index (χ1) is 9.65. The van der Waals surface area contributed by atoms with Crippen LogP contribution in [0.5, 0.6) is 0 Å². The van der Waals surface area contributed by atoms with Crippen LogP contribution in [0.15, 0.2) is 34.1 Å². The van der Waals surface area contributed by atoms with E-state index in [2.05, 4.69) is 4.72 Å². The van der Waals surface area contributed by atoms with Crippen molar-refractivity contribution < 1.29 is 26.7 Å². The third-order valence-corrected chi connectivity index (χ3v) is 6.07. The maximum atomic E-state index is 12.2. The molecule has 1 aromatic carbocycles. The first-order valence-electron chi connectivity index (χ1n) is 5.90. The smallest absolute Gasteiger partial charge is 0.318 e. The molecule has 0 aliphatic rings. The molecule has 1 aromatic rings. The van der Waals surface area contributed by atoms with Crippen molar-refractivity contribution in [1.82, 2.24) is 9.03 Å². The van der Waals surface area contributed by atoms with E-state index in [1.165, 1.54) is 14.0 Å². The fourth-order valence-corrected chi connectivity index (χ4v) is 3.70. The van der Waals surface area contributed by atoms with Crippen LogP contribution in [0.3, 0.4) is 0 Å². The molecule has 0 bridgehead atoms. The lowest BCUT2D eigenvalue weighted by atomic mass is 10.4. The number of carbonyl (C=O) groups is 1. The van der Waals surface area contributed by atoms with E-state index >= 15 is 0 Å². The number of rotatable bonds is 7. The molecule has 0 aromatic heterocycles. The second-order valence-electron chi connectivity index (χ2n) is 4.00. The molecule has 0 unspecified atom stereocenters. The van der Waals surface area contributed by atoms with Crippen molar-refractivity contribution in [2.45, 2.75) is 16.7 Å². The van der Waals surface area contributed by atoms with E-state index in [1.807, 2.05) is 0 Å². The molecule has 10 heteroatoms. The average Bonchev–Trinajstić information content (AvgIpc) is 2.44. The number of nitrogens with zero attached hydrogens (tertiary/aromatic N) is 1. The maximum Gasteiger partial charge on any atom is 0.318 e. The summed E-state index contributed by atoms with van der Waals surface area (Å²) in [5.41, 5.74) is 0. The molecule has 0 saturated heterocycles. The van der Waals surface area contributed by atoms with Gasteiger partial charge in [0.2, 0.25) is 20.0 Å². The summed E-state index contributed by atoms with van der Waals surface area (Å²) in [6.07, 6.45) is 0. The second kappa shape index (κ2) is 6.52. The Kier molecular flexibility index (Phi) is 5.45. The van der Waals surface area contributed by atoms with Crippen molar-refractivity contribution >= 4 is 26.0 Å². The van der Waals surface area contributed by atoms with E-state index in [0.717, 1.165) is 28.6 Å². The monoisotopic (exact) mass is 336 g/mol. The van der Waals surface area contributed by atoms with Crippen LogP contribution in [0.2, 0.25) is 0 Å². The normalized spacial score (nSPS) is 12.5. The summed E-state index contributed by atoms with van der Waals surface area (Å²) in [5, 5.41) is 8.71. The van der Waals surface area contributed by atoms with Crippen LogP contribution in [0.1, 0.15) is 6.92 Å². The number of carboxylic acid groups (broad SMARTS) is 1. The van der Waals surface area contributed by atoms with Gasteiger partial charge in [-0.3, -0.25) is 4.79 Å². The maximum absolute atomic E-state index is 12.2. The highest BCUT2D eigenvalue weighted by Gasteiger charge is 2.25. The summed E-state index contributed by atoms with van der Waals surface area (Å²) < 4.78 is 50.5. The van der Waals surface area contributed by atoms with E-state index in [1.54, 1.807) is 0 Å². The van der Waals surface area contributed by atoms with Gasteiger partial charge >= 0.3 is 5.97 Å². The fraction of sp³-hybridized carbons (Fsp3) is 0.364. The first kappa shape index (κ1) is 17.6. The van der Waals surface area contributed by atoms with Gasteiger partial charge in [0, 0.05) is 6.54 Å². The summed E-state index contributed by atoms with van der Waals surface area (Å²) in [6, 6.07) is 4.55. The van der Waals surface area contributed by atoms with Crippen molar-refractivity contribution in [3.05, 3.63) is 24.3 Å². The Hall–Kier alpha value is -1.49. The van der Waals surface area contributed by atoms with Crippen molar-refractivity contribution in [2.24, 2.45) is 0 Å². The highest BCUT2D eigenvalue weighted by atomic mass is 32.2. The standard InChI is InChI=1S/C11H16N2O6S2/c1-3-13(8-11(14)15)21(18,19)10-6-4-9(5-7-10)20(16,17)12-2/h4-7,12H,3,8H2,1-2H3,(H,14,15). The Morgan fingerprint density at radius 3 is 2.00 bits per heavy atom. The van der Waals surface area contributed by atoms with E-state index in [0.29, 0.717) is 0 Å². The summed E-state index contributed by atoms with van der Waals surface area (Å²) in [6.45, 7) is 0.848. The number of carboxylic acids is 1.